The van der Waals surface area contributed by atoms with E-state index in [2.05, 4.69) is 36.4 Å². The topological polar surface area (TPSA) is 0 Å². The average molecular weight is 267 g/mol. The van der Waals surface area contributed by atoms with Crippen molar-refractivity contribution in [3.05, 3.63) is 67.4 Å². The van der Waals surface area contributed by atoms with Crippen LogP contribution in [0.25, 0.3) is 12.2 Å². The Morgan fingerprint density at radius 2 is 1.84 bits per heavy atom. The average Bonchev–Trinajstić information content (AvgIpc) is 2.47. The Morgan fingerprint density at radius 3 is 2.79 bits per heavy atom. The maximum atomic E-state index is 6.31. The summed E-state index contributed by atoms with van der Waals surface area (Å²) in [5.41, 5.74) is 3.08. The van der Waals surface area contributed by atoms with Gasteiger partial charge in [-0.15, -0.1) is 0 Å². The van der Waals surface area contributed by atoms with E-state index >= 15 is 0 Å². The predicted octanol–water partition coefficient (Wildman–Crippen LogP) is 3.08. The van der Waals surface area contributed by atoms with E-state index in [0.29, 0.717) is 0 Å². The van der Waals surface area contributed by atoms with Crippen LogP contribution in [0, 0.1) is 10.4 Å². The van der Waals surface area contributed by atoms with E-state index < -0.39 is 0 Å². The second kappa shape index (κ2) is 4.25. The first-order valence-corrected chi connectivity index (χ1v) is 7.32. The zero-order valence-corrected chi connectivity index (χ0v) is 11.5. The summed E-state index contributed by atoms with van der Waals surface area (Å²) in [6, 6.07) is 10.8. The highest BCUT2D eigenvalue weighted by molar-refractivity contribution is 6.30. The Hall–Kier alpha value is -1.53. The lowest BCUT2D eigenvalue weighted by atomic mass is 9.89. The standard InChI is InChI=1S/C18H15Cl/c19-18-7-3-6-14-16-9-8-12-4-1-2-5-13(12)15(16)10-11-17(14)18/h3-4,6-9,11H,1-2,5,10H2. The van der Waals surface area contributed by atoms with Crippen molar-refractivity contribution in [2.75, 3.05) is 0 Å². The highest BCUT2D eigenvalue weighted by atomic mass is 35.5. The molecule has 2 aliphatic carbocycles. The molecular weight excluding hydrogens is 252 g/mol. The first kappa shape index (κ1) is 11.3. The summed E-state index contributed by atoms with van der Waals surface area (Å²) in [5.74, 6) is 0. The maximum absolute atomic E-state index is 6.31. The molecule has 0 radical (unpaired) electrons. The Morgan fingerprint density at radius 1 is 0.895 bits per heavy atom. The molecule has 19 heavy (non-hydrogen) atoms. The summed E-state index contributed by atoms with van der Waals surface area (Å²) in [7, 11) is 0. The molecule has 0 unspecified atom stereocenters. The summed E-state index contributed by atoms with van der Waals surface area (Å²) in [6.45, 7) is 0. The van der Waals surface area contributed by atoms with Gasteiger partial charge >= 0.3 is 0 Å². The minimum Gasteiger partial charge on any atom is -0.0837 e. The lowest BCUT2D eigenvalue weighted by molar-refractivity contribution is 0.824. The second-order valence-corrected chi connectivity index (χ2v) is 5.77. The van der Waals surface area contributed by atoms with Crippen LogP contribution in [-0.2, 0) is 12.8 Å². The molecule has 2 aliphatic rings. The lowest BCUT2D eigenvalue weighted by Gasteiger charge is -2.16. The second-order valence-electron chi connectivity index (χ2n) is 5.37. The quantitative estimate of drug-likeness (QED) is 0.688. The number of halogens is 1. The molecule has 94 valence electrons. The van der Waals surface area contributed by atoms with Gasteiger partial charge in [0.2, 0.25) is 0 Å². The Kier molecular flexibility index (Phi) is 2.53. The zero-order valence-electron chi connectivity index (χ0n) is 10.7. The van der Waals surface area contributed by atoms with E-state index in [-0.39, 0.29) is 0 Å². The minimum atomic E-state index is 0.868. The van der Waals surface area contributed by atoms with E-state index in [1.54, 1.807) is 5.56 Å². The Labute approximate surface area is 117 Å². The Bertz CT molecular complexity index is 875. The third-order valence-electron chi connectivity index (χ3n) is 4.32. The lowest BCUT2D eigenvalue weighted by Crippen LogP contribution is -2.20. The summed E-state index contributed by atoms with van der Waals surface area (Å²) >= 11 is 6.31. The van der Waals surface area contributed by atoms with Gasteiger partial charge in [0.1, 0.15) is 0 Å². The summed E-state index contributed by atoms with van der Waals surface area (Å²) in [5, 5.41) is 6.20. The van der Waals surface area contributed by atoms with Crippen LogP contribution in [0.1, 0.15) is 24.0 Å². The van der Waals surface area contributed by atoms with Crippen molar-refractivity contribution in [2.45, 2.75) is 25.7 Å². The van der Waals surface area contributed by atoms with Crippen LogP contribution in [0.2, 0.25) is 5.02 Å². The van der Waals surface area contributed by atoms with Crippen molar-refractivity contribution in [1.82, 2.24) is 0 Å². The molecule has 0 aliphatic heterocycles. The van der Waals surface area contributed by atoms with Gasteiger partial charge in [-0.1, -0.05) is 48.0 Å². The molecule has 0 N–H and O–H groups in total. The van der Waals surface area contributed by atoms with Gasteiger partial charge in [-0.05, 0) is 63.8 Å². The third kappa shape index (κ3) is 1.67. The van der Waals surface area contributed by atoms with Crippen LogP contribution in [0.5, 0.6) is 0 Å². The van der Waals surface area contributed by atoms with Crippen LogP contribution < -0.4 is 10.4 Å². The molecule has 0 aromatic heterocycles. The van der Waals surface area contributed by atoms with Gasteiger partial charge in [0.05, 0.1) is 0 Å². The molecular formula is C18H15Cl. The molecule has 1 heteroatoms. The summed E-state index contributed by atoms with van der Waals surface area (Å²) in [4.78, 5) is 0. The number of hydrogen-bond donors (Lipinski definition) is 0. The molecule has 2 aromatic carbocycles. The van der Waals surface area contributed by atoms with Crippen LogP contribution in [0.15, 0.2) is 30.3 Å². The molecule has 0 saturated carbocycles. The van der Waals surface area contributed by atoms with Gasteiger partial charge in [0.25, 0.3) is 0 Å². The number of benzene rings is 2. The van der Waals surface area contributed by atoms with Gasteiger partial charge in [0.15, 0.2) is 0 Å². The van der Waals surface area contributed by atoms with Gasteiger partial charge in [-0.25, -0.2) is 0 Å². The third-order valence-corrected chi connectivity index (χ3v) is 4.65. The van der Waals surface area contributed by atoms with Crippen molar-refractivity contribution >= 4 is 23.8 Å². The first-order chi connectivity index (χ1) is 9.34. The molecule has 2 aromatic rings. The largest absolute Gasteiger partial charge is 0.0837 e. The molecule has 0 nitrogen and oxygen atoms in total. The molecule has 0 atom stereocenters. The van der Waals surface area contributed by atoms with Crippen LogP contribution in [-0.4, -0.2) is 0 Å². The normalized spacial score (nSPS) is 15.6. The SMILES string of the molecule is Clc1cccc2c1=CCc1c3c(ccc1=2)=CCCC3. The van der Waals surface area contributed by atoms with E-state index in [0.717, 1.165) is 11.4 Å². The molecule has 0 heterocycles. The highest BCUT2D eigenvalue weighted by Crippen LogP contribution is 2.18. The monoisotopic (exact) mass is 266 g/mol. The van der Waals surface area contributed by atoms with Crippen molar-refractivity contribution in [1.29, 1.82) is 0 Å². The zero-order chi connectivity index (χ0) is 12.8. The van der Waals surface area contributed by atoms with Crippen molar-refractivity contribution < 1.29 is 0 Å². The van der Waals surface area contributed by atoms with E-state index in [9.17, 15) is 0 Å². The Balaban J connectivity index is 2.25. The van der Waals surface area contributed by atoms with Crippen molar-refractivity contribution in [3.8, 4) is 0 Å². The van der Waals surface area contributed by atoms with E-state index in [4.69, 9.17) is 11.6 Å². The smallest absolute Gasteiger partial charge is 0.0481 e. The van der Waals surface area contributed by atoms with Gasteiger partial charge in [0, 0.05) is 5.02 Å². The van der Waals surface area contributed by atoms with E-state index in [1.807, 2.05) is 6.07 Å². The van der Waals surface area contributed by atoms with Crippen LogP contribution in [0.3, 0.4) is 0 Å². The predicted molar refractivity (Wildman–Crippen MR) is 80.4 cm³/mol. The molecule has 0 saturated heterocycles. The summed E-state index contributed by atoms with van der Waals surface area (Å²) < 4.78 is 0. The highest BCUT2D eigenvalue weighted by Gasteiger charge is 2.11. The number of fused-ring (bicyclic) bond motifs is 4. The fourth-order valence-corrected chi connectivity index (χ4v) is 3.65. The number of hydrogen-bond acceptors (Lipinski definition) is 0. The van der Waals surface area contributed by atoms with Crippen LogP contribution in [0.4, 0.5) is 0 Å². The molecule has 0 fully saturated rings. The fraction of sp³-hybridized carbons (Fsp3) is 0.222. The van der Waals surface area contributed by atoms with Gasteiger partial charge in [-0.2, -0.15) is 0 Å². The van der Waals surface area contributed by atoms with Gasteiger partial charge in [-0.3, -0.25) is 0 Å². The van der Waals surface area contributed by atoms with E-state index in [1.165, 1.54) is 45.7 Å². The minimum absolute atomic E-state index is 0.868. The van der Waals surface area contributed by atoms with Crippen LogP contribution >= 0.6 is 11.6 Å². The molecule has 4 rings (SSSR count). The molecule has 0 bridgehead atoms. The molecule has 0 amide bonds. The maximum Gasteiger partial charge on any atom is 0.0481 e. The molecule has 0 spiro atoms. The summed E-state index contributed by atoms with van der Waals surface area (Å²) in [6.07, 6.45) is 9.41. The van der Waals surface area contributed by atoms with Gasteiger partial charge < -0.3 is 0 Å². The number of rotatable bonds is 0. The fourth-order valence-electron chi connectivity index (χ4n) is 3.40. The van der Waals surface area contributed by atoms with Crippen molar-refractivity contribution in [2.24, 2.45) is 0 Å². The van der Waals surface area contributed by atoms with Crippen molar-refractivity contribution in [3.63, 3.8) is 0 Å². The first-order valence-electron chi connectivity index (χ1n) is 6.94.